The highest BCUT2D eigenvalue weighted by molar-refractivity contribution is 7.14. The molecule has 1 saturated heterocycles. The molecule has 0 atom stereocenters. The lowest BCUT2D eigenvalue weighted by atomic mass is 10.2. The van der Waals surface area contributed by atoms with Crippen molar-refractivity contribution in [1.29, 1.82) is 0 Å². The summed E-state index contributed by atoms with van der Waals surface area (Å²) < 4.78 is 5.09. The topological polar surface area (TPSA) is 66.5 Å². The molecular weight excluding hydrogens is 324 g/mol. The van der Waals surface area contributed by atoms with Crippen LogP contribution in [0.2, 0.25) is 0 Å². The largest absolute Gasteiger partial charge is 0.481 e. The summed E-state index contributed by atoms with van der Waals surface area (Å²) in [5.74, 6) is 0.513. The van der Waals surface area contributed by atoms with Crippen LogP contribution in [0.15, 0.2) is 30.5 Å². The van der Waals surface area contributed by atoms with Gasteiger partial charge in [-0.05, 0) is 23.8 Å². The molecule has 3 heterocycles. The van der Waals surface area contributed by atoms with Crippen LogP contribution in [-0.4, -0.2) is 49.1 Å². The van der Waals surface area contributed by atoms with Crippen LogP contribution in [0.5, 0.6) is 5.88 Å². The standard InChI is InChI=1S/C17H22N4O2S/c1-23-16-10-13(4-5-19-16)11-20-17(22)15-3-2-14(24-15)12-21-8-6-18-7-9-21/h2-5,10,18H,6-9,11-12H2,1H3,(H,20,22). The molecule has 128 valence electrons. The number of carbonyl (C=O) groups excluding carboxylic acids is 1. The van der Waals surface area contributed by atoms with Gasteiger partial charge < -0.3 is 15.4 Å². The minimum absolute atomic E-state index is 0.0395. The zero-order valence-corrected chi connectivity index (χ0v) is 14.6. The van der Waals surface area contributed by atoms with Crippen molar-refractivity contribution in [2.75, 3.05) is 33.3 Å². The lowest BCUT2D eigenvalue weighted by Crippen LogP contribution is -2.42. The van der Waals surface area contributed by atoms with E-state index in [4.69, 9.17) is 4.74 Å². The van der Waals surface area contributed by atoms with E-state index in [9.17, 15) is 4.79 Å². The van der Waals surface area contributed by atoms with Gasteiger partial charge in [-0.2, -0.15) is 0 Å². The highest BCUT2D eigenvalue weighted by atomic mass is 32.1. The lowest BCUT2D eigenvalue weighted by Gasteiger charge is -2.26. The lowest BCUT2D eigenvalue weighted by molar-refractivity contribution is 0.0955. The Labute approximate surface area is 145 Å². The molecular formula is C17H22N4O2S. The number of aromatic nitrogens is 1. The van der Waals surface area contributed by atoms with Gasteiger partial charge in [-0.1, -0.05) is 0 Å². The Balaban J connectivity index is 1.53. The third-order valence-corrected chi connectivity index (χ3v) is 5.00. The molecule has 0 saturated carbocycles. The molecule has 0 aliphatic carbocycles. The van der Waals surface area contributed by atoms with Crippen LogP contribution in [0.3, 0.4) is 0 Å². The van der Waals surface area contributed by atoms with Gasteiger partial charge in [0.05, 0.1) is 12.0 Å². The Hall–Kier alpha value is -1.96. The monoisotopic (exact) mass is 346 g/mol. The van der Waals surface area contributed by atoms with E-state index in [1.165, 1.54) is 4.88 Å². The van der Waals surface area contributed by atoms with Gasteiger partial charge in [0.25, 0.3) is 5.91 Å². The number of pyridine rings is 1. The van der Waals surface area contributed by atoms with Gasteiger partial charge in [0.15, 0.2) is 0 Å². The van der Waals surface area contributed by atoms with Crippen molar-refractivity contribution in [1.82, 2.24) is 20.5 Å². The number of rotatable bonds is 6. The van der Waals surface area contributed by atoms with E-state index in [1.54, 1.807) is 24.6 Å². The van der Waals surface area contributed by atoms with Crippen molar-refractivity contribution >= 4 is 17.2 Å². The number of ether oxygens (including phenoxy) is 1. The summed E-state index contributed by atoms with van der Waals surface area (Å²) in [7, 11) is 1.58. The molecule has 2 aromatic heterocycles. The molecule has 1 aliphatic heterocycles. The van der Waals surface area contributed by atoms with Gasteiger partial charge in [-0.25, -0.2) is 4.98 Å². The summed E-state index contributed by atoms with van der Waals surface area (Å²) >= 11 is 1.57. The molecule has 1 aliphatic rings. The van der Waals surface area contributed by atoms with Crippen LogP contribution < -0.4 is 15.4 Å². The first-order valence-electron chi connectivity index (χ1n) is 8.03. The first-order valence-corrected chi connectivity index (χ1v) is 8.85. The molecule has 0 bridgehead atoms. The molecule has 0 aromatic carbocycles. The molecule has 2 aromatic rings. The molecule has 24 heavy (non-hydrogen) atoms. The van der Waals surface area contributed by atoms with E-state index in [0.29, 0.717) is 12.4 Å². The number of hydrogen-bond donors (Lipinski definition) is 2. The third-order valence-electron chi connectivity index (χ3n) is 3.94. The Bertz CT molecular complexity index is 683. The zero-order chi connectivity index (χ0) is 16.8. The van der Waals surface area contributed by atoms with Gasteiger partial charge in [0.1, 0.15) is 0 Å². The minimum atomic E-state index is -0.0395. The fourth-order valence-electron chi connectivity index (χ4n) is 2.62. The Kier molecular flexibility index (Phi) is 5.79. The zero-order valence-electron chi connectivity index (χ0n) is 13.7. The van der Waals surface area contributed by atoms with Crippen LogP contribution in [0.25, 0.3) is 0 Å². The molecule has 0 spiro atoms. The molecule has 2 N–H and O–H groups in total. The molecule has 0 unspecified atom stereocenters. The van der Waals surface area contributed by atoms with Crippen molar-refractivity contribution in [2.24, 2.45) is 0 Å². The molecule has 0 radical (unpaired) electrons. The molecule has 7 heteroatoms. The van der Waals surface area contributed by atoms with E-state index in [1.807, 2.05) is 18.2 Å². The van der Waals surface area contributed by atoms with E-state index in [-0.39, 0.29) is 5.91 Å². The van der Waals surface area contributed by atoms with Gasteiger partial charge >= 0.3 is 0 Å². The van der Waals surface area contributed by atoms with Gasteiger partial charge in [0.2, 0.25) is 5.88 Å². The number of nitrogens with zero attached hydrogens (tertiary/aromatic N) is 2. The summed E-state index contributed by atoms with van der Waals surface area (Å²) in [5, 5.41) is 6.30. The van der Waals surface area contributed by atoms with E-state index >= 15 is 0 Å². The SMILES string of the molecule is COc1cc(CNC(=O)c2ccc(CN3CCNCC3)s2)ccn1. The van der Waals surface area contributed by atoms with E-state index < -0.39 is 0 Å². The summed E-state index contributed by atoms with van der Waals surface area (Å²) in [6, 6.07) is 7.65. The predicted molar refractivity (Wildman–Crippen MR) is 94.4 cm³/mol. The predicted octanol–water partition coefficient (Wildman–Crippen LogP) is 1.49. The second-order valence-corrected chi connectivity index (χ2v) is 6.85. The summed E-state index contributed by atoms with van der Waals surface area (Å²) in [5.41, 5.74) is 0.966. The van der Waals surface area contributed by atoms with E-state index in [0.717, 1.165) is 43.2 Å². The van der Waals surface area contributed by atoms with Crippen molar-refractivity contribution in [2.45, 2.75) is 13.1 Å². The third kappa shape index (κ3) is 4.53. The van der Waals surface area contributed by atoms with Crippen LogP contribution in [-0.2, 0) is 13.1 Å². The van der Waals surface area contributed by atoms with Gasteiger partial charge in [0, 0.05) is 56.4 Å². The van der Waals surface area contributed by atoms with Crippen molar-refractivity contribution in [3.8, 4) is 5.88 Å². The number of hydrogen-bond acceptors (Lipinski definition) is 6. The molecule has 6 nitrogen and oxygen atoms in total. The number of piperazine rings is 1. The summed E-state index contributed by atoms with van der Waals surface area (Å²) in [4.78, 5) is 20.8. The highest BCUT2D eigenvalue weighted by Crippen LogP contribution is 2.19. The molecule has 3 rings (SSSR count). The van der Waals surface area contributed by atoms with Gasteiger partial charge in [-0.15, -0.1) is 11.3 Å². The quantitative estimate of drug-likeness (QED) is 0.829. The maximum absolute atomic E-state index is 12.3. The Morgan fingerprint density at radius 1 is 1.38 bits per heavy atom. The van der Waals surface area contributed by atoms with Crippen LogP contribution >= 0.6 is 11.3 Å². The highest BCUT2D eigenvalue weighted by Gasteiger charge is 2.13. The molecule has 1 amide bonds. The fraction of sp³-hybridized carbons (Fsp3) is 0.412. The minimum Gasteiger partial charge on any atom is -0.481 e. The number of methoxy groups -OCH3 is 1. The average Bonchev–Trinajstić information content (AvgIpc) is 3.09. The summed E-state index contributed by atoms with van der Waals surface area (Å²) in [6.07, 6.45) is 1.68. The van der Waals surface area contributed by atoms with Crippen LogP contribution in [0.4, 0.5) is 0 Å². The maximum atomic E-state index is 12.3. The Morgan fingerprint density at radius 2 is 2.21 bits per heavy atom. The van der Waals surface area contributed by atoms with Crippen molar-refractivity contribution in [3.05, 3.63) is 45.8 Å². The van der Waals surface area contributed by atoms with E-state index in [2.05, 4.69) is 26.6 Å². The smallest absolute Gasteiger partial charge is 0.261 e. The normalized spacial score (nSPS) is 15.2. The maximum Gasteiger partial charge on any atom is 0.261 e. The first-order chi connectivity index (χ1) is 11.7. The summed E-state index contributed by atoms with van der Waals surface area (Å²) in [6.45, 7) is 5.57. The van der Waals surface area contributed by atoms with Crippen molar-refractivity contribution in [3.63, 3.8) is 0 Å². The number of amides is 1. The average molecular weight is 346 g/mol. The first kappa shape index (κ1) is 16.9. The molecule has 1 fully saturated rings. The number of thiophene rings is 1. The van der Waals surface area contributed by atoms with Crippen LogP contribution in [0.1, 0.15) is 20.1 Å². The fourth-order valence-corrected chi connectivity index (χ4v) is 3.58. The van der Waals surface area contributed by atoms with Crippen molar-refractivity contribution < 1.29 is 9.53 Å². The second kappa shape index (κ2) is 8.23. The van der Waals surface area contributed by atoms with Gasteiger partial charge in [-0.3, -0.25) is 9.69 Å². The number of nitrogens with one attached hydrogen (secondary N) is 2. The number of carbonyl (C=O) groups is 1. The van der Waals surface area contributed by atoms with Crippen LogP contribution in [0, 0.1) is 0 Å². The Morgan fingerprint density at radius 3 is 3.00 bits per heavy atom. The second-order valence-electron chi connectivity index (χ2n) is 5.68.